The lowest BCUT2D eigenvalue weighted by atomic mass is 10.7. The third-order valence-corrected chi connectivity index (χ3v) is 0.583. The molecular weight excluding hydrogens is 134 g/mol. The van der Waals surface area contributed by atoms with Crippen LogP contribution >= 0.6 is 0 Å². The summed E-state index contributed by atoms with van der Waals surface area (Å²) in [5.41, 5.74) is 4.57. The molecule has 0 aliphatic carbocycles. The maximum absolute atomic E-state index is 9.24. The van der Waals surface area contributed by atoms with Crippen LogP contribution in [0.3, 0.4) is 0 Å². The van der Waals surface area contributed by atoms with E-state index in [-0.39, 0.29) is 6.54 Å². The van der Waals surface area contributed by atoms with Gasteiger partial charge in [0, 0.05) is 13.2 Å². The fraction of sp³-hybridized carbons (Fsp3) is 0.833. The molecule has 4 heteroatoms. The average Bonchev–Trinajstić information content (AvgIpc) is 1.91. The number of rotatable bonds is 3. The van der Waals surface area contributed by atoms with Crippen molar-refractivity contribution in [1.29, 1.82) is 0 Å². The van der Waals surface area contributed by atoms with Crippen LogP contribution in [0, 0.1) is 0 Å². The van der Waals surface area contributed by atoms with Gasteiger partial charge in [-0.2, -0.15) is 0 Å². The normalized spacial score (nSPS) is 7.90. The van der Waals surface area contributed by atoms with Gasteiger partial charge in [0.1, 0.15) is 0 Å². The first-order valence-electron chi connectivity index (χ1n) is 3.18. The van der Waals surface area contributed by atoms with Crippen molar-refractivity contribution in [1.82, 2.24) is 0 Å². The molecule has 3 N–H and O–H groups in total. The second-order valence-corrected chi connectivity index (χ2v) is 1.38. The van der Waals surface area contributed by atoms with E-state index in [9.17, 15) is 4.79 Å². The van der Waals surface area contributed by atoms with Crippen LogP contribution in [-0.4, -0.2) is 30.8 Å². The van der Waals surface area contributed by atoms with E-state index in [1.54, 1.807) is 0 Å². The lowest BCUT2D eigenvalue weighted by Crippen LogP contribution is -2.10. The molecule has 0 aromatic carbocycles. The molecule has 0 spiro atoms. The molecule has 0 heterocycles. The van der Waals surface area contributed by atoms with E-state index < -0.39 is 5.97 Å². The Morgan fingerprint density at radius 2 is 1.80 bits per heavy atom. The van der Waals surface area contributed by atoms with Crippen LogP contribution in [0.2, 0.25) is 0 Å². The van der Waals surface area contributed by atoms with Gasteiger partial charge in [-0.25, -0.2) is 0 Å². The molecule has 0 fully saturated rings. The summed E-state index contributed by atoms with van der Waals surface area (Å²) in [6.45, 7) is 5.39. The highest BCUT2D eigenvalue weighted by molar-refractivity contribution is 5.68. The van der Waals surface area contributed by atoms with Crippen LogP contribution < -0.4 is 5.73 Å². The lowest BCUT2D eigenvalue weighted by molar-refractivity contribution is -0.135. The van der Waals surface area contributed by atoms with Gasteiger partial charge < -0.3 is 15.6 Å². The molecule has 0 aliphatic heterocycles. The zero-order chi connectivity index (χ0) is 8.41. The number of carboxylic acids is 1. The molecule has 10 heavy (non-hydrogen) atoms. The SMILES string of the molecule is CCOCC.NCC(=O)O. The largest absolute Gasteiger partial charge is 0.480 e. The molecular formula is C6H15NO3. The number of ether oxygens (including phenoxy) is 1. The monoisotopic (exact) mass is 149 g/mol. The molecule has 0 amide bonds. The van der Waals surface area contributed by atoms with Crippen molar-refractivity contribution in [2.45, 2.75) is 13.8 Å². The number of nitrogens with two attached hydrogens (primary N) is 1. The highest BCUT2D eigenvalue weighted by Crippen LogP contribution is 1.64. The summed E-state index contributed by atoms with van der Waals surface area (Å²) in [5, 5.41) is 7.60. The zero-order valence-electron chi connectivity index (χ0n) is 6.46. The molecule has 0 atom stereocenters. The van der Waals surface area contributed by atoms with Crippen molar-refractivity contribution in [3.63, 3.8) is 0 Å². The molecule has 0 saturated heterocycles. The molecule has 0 bridgehead atoms. The summed E-state index contributed by atoms with van der Waals surface area (Å²) in [7, 11) is 0. The molecule has 0 rings (SSSR count). The van der Waals surface area contributed by atoms with E-state index in [2.05, 4.69) is 5.73 Å². The van der Waals surface area contributed by atoms with Gasteiger partial charge in [-0.1, -0.05) is 0 Å². The number of hydrogen-bond acceptors (Lipinski definition) is 3. The Labute approximate surface area is 61.0 Å². The predicted molar refractivity (Wildman–Crippen MR) is 38.9 cm³/mol. The third kappa shape index (κ3) is 26.3. The van der Waals surface area contributed by atoms with Gasteiger partial charge in [-0.15, -0.1) is 0 Å². The van der Waals surface area contributed by atoms with Crippen LogP contribution in [0.5, 0.6) is 0 Å². The average molecular weight is 149 g/mol. The Morgan fingerprint density at radius 3 is 1.80 bits per heavy atom. The van der Waals surface area contributed by atoms with Crippen molar-refractivity contribution < 1.29 is 14.6 Å². The molecule has 0 aromatic rings. The molecule has 0 aromatic heterocycles. The first-order valence-corrected chi connectivity index (χ1v) is 3.18. The van der Waals surface area contributed by atoms with E-state index in [1.807, 2.05) is 13.8 Å². The topological polar surface area (TPSA) is 72.5 Å². The molecule has 62 valence electrons. The summed E-state index contributed by atoms with van der Waals surface area (Å²) in [6, 6.07) is 0. The van der Waals surface area contributed by atoms with E-state index in [1.165, 1.54) is 0 Å². The Hall–Kier alpha value is -0.610. The minimum atomic E-state index is -0.968. The smallest absolute Gasteiger partial charge is 0.317 e. The first kappa shape index (κ1) is 12.1. The van der Waals surface area contributed by atoms with Gasteiger partial charge in [0.25, 0.3) is 0 Å². The molecule has 0 aliphatic rings. The minimum Gasteiger partial charge on any atom is -0.480 e. The Kier molecular flexibility index (Phi) is 13.6. The summed E-state index contributed by atoms with van der Waals surface area (Å²) in [4.78, 5) is 9.24. The Morgan fingerprint density at radius 1 is 1.50 bits per heavy atom. The van der Waals surface area contributed by atoms with Gasteiger partial charge in [0.15, 0.2) is 0 Å². The molecule has 4 nitrogen and oxygen atoms in total. The van der Waals surface area contributed by atoms with Crippen LogP contribution in [0.25, 0.3) is 0 Å². The fourth-order valence-corrected chi connectivity index (χ4v) is 0.204. The molecule has 0 unspecified atom stereocenters. The van der Waals surface area contributed by atoms with Gasteiger partial charge in [0.2, 0.25) is 0 Å². The van der Waals surface area contributed by atoms with Crippen molar-refractivity contribution in [3.05, 3.63) is 0 Å². The van der Waals surface area contributed by atoms with Gasteiger partial charge in [-0.05, 0) is 13.8 Å². The number of hydrogen-bond donors (Lipinski definition) is 2. The highest BCUT2D eigenvalue weighted by Gasteiger charge is 1.81. The van der Waals surface area contributed by atoms with Crippen LogP contribution in [0.15, 0.2) is 0 Å². The zero-order valence-corrected chi connectivity index (χ0v) is 6.46. The van der Waals surface area contributed by atoms with E-state index in [4.69, 9.17) is 9.84 Å². The van der Waals surface area contributed by atoms with Gasteiger partial charge in [-0.3, -0.25) is 4.79 Å². The predicted octanol–water partition coefficient (Wildman–Crippen LogP) is 0.0725. The lowest BCUT2D eigenvalue weighted by Gasteiger charge is -1.86. The highest BCUT2D eigenvalue weighted by atomic mass is 16.5. The summed E-state index contributed by atoms with van der Waals surface area (Å²) in [5.74, 6) is -0.968. The van der Waals surface area contributed by atoms with Crippen LogP contribution in [0.4, 0.5) is 0 Å². The maximum Gasteiger partial charge on any atom is 0.317 e. The molecule has 0 saturated carbocycles. The molecule has 0 radical (unpaired) electrons. The van der Waals surface area contributed by atoms with Gasteiger partial charge >= 0.3 is 5.97 Å². The summed E-state index contributed by atoms with van der Waals surface area (Å²) >= 11 is 0. The van der Waals surface area contributed by atoms with Crippen molar-refractivity contribution in [2.24, 2.45) is 5.73 Å². The summed E-state index contributed by atoms with van der Waals surface area (Å²) in [6.07, 6.45) is 0. The van der Waals surface area contributed by atoms with Crippen molar-refractivity contribution in [2.75, 3.05) is 19.8 Å². The fourth-order valence-electron chi connectivity index (χ4n) is 0.204. The van der Waals surface area contributed by atoms with Gasteiger partial charge in [0.05, 0.1) is 6.54 Å². The second-order valence-electron chi connectivity index (χ2n) is 1.38. The Balaban J connectivity index is 0. The van der Waals surface area contributed by atoms with E-state index in [0.29, 0.717) is 0 Å². The standard InChI is InChI=1S/C4H10O.C2H5NO2/c1-3-5-4-2;3-1-2(4)5/h3-4H2,1-2H3;1,3H2,(H,4,5). The Bertz CT molecular complexity index is 73.4. The minimum absolute atomic E-state index is 0.278. The second kappa shape index (κ2) is 11.2. The third-order valence-electron chi connectivity index (χ3n) is 0.583. The number of aliphatic carboxylic acids is 1. The maximum atomic E-state index is 9.24. The first-order chi connectivity index (χ1) is 4.68. The number of carboxylic acid groups (broad SMARTS) is 1. The van der Waals surface area contributed by atoms with Crippen LogP contribution in [0.1, 0.15) is 13.8 Å². The van der Waals surface area contributed by atoms with Crippen molar-refractivity contribution in [3.8, 4) is 0 Å². The van der Waals surface area contributed by atoms with Crippen molar-refractivity contribution >= 4 is 5.97 Å². The van der Waals surface area contributed by atoms with E-state index >= 15 is 0 Å². The van der Waals surface area contributed by atoms with Crippen LogP contribution in [-0.2, 0) is 9.53 Å². The number of carbonyl (C=O) groups is 1. The summed E-state index contributed by atoms with van der Waals surface area (Å²) < 4.78 is 4.83. The quantitative estimate of drug-likeness (QED) is 0.595. The van der Waals surface area contributed by atoms with E-state index in [0.717, 1.165) is 13.2 Å².